The van der Waals surface area contributed by atoms with Crippen LogP contribution in [0.3, 0.4) is 0 Å². The summed E-state index contributed by atoms with van der Waals surface area (Å²) in [7, 11) is 1.48. The van der Waals surface area contributed by atoms with E-state index in [1.165, 1.54) is 14.0 Å². The summed E-state index contributed by atoms with van der Waals surface area (Å²) in [6.07, 6.45) is 0. The van der Waals surface area contributed by atoms with Gasteiger partial charge in [-0.2, -0.15) is 0 Å². The summed E-state index contributed by atoms with van der Waals surface area (Å²) in [4.78, 5) is 15.6. The zero-order valence-corrected chi connectivity index (χ0v) is 9.34. The fourth-order valence-corrected chi connectivity index (χ4v) is 1.74. The quantitative estimate of drug-likeness (QED) is 0.764. The molecular formula is C11H11F2N3O. The molecule has 0 radical (unpaired) electrons. The van der Waals surface area contributed by atoms with Gasteiger partial charge < -0.3 is 5.32 Å². The molecule has 1 atom stereocenters. The molecule has 1 saturated heterocycles. The normalized spacial score (nSPS) is 25.9. The van der Waals surface area contributed by atoms with Crippen LogP contribution in [0, 0.1) is 11.6 Å². The van der Waals surface area contributed by atoms with Crippen molar-refractivity contribution in [2.24, 2.45) is 4.99 Å². The molecule has 2 rings (SSSR count). The average molecular weight is 239 g/mol. The predicted octanol–water partition coefficient (Wildman–Crippen LogP) is 0.885. The number of carbonyl (C=O) groups is 1. The number of benzene rings is 1. The van der Waals surface area contributed by atoms with Gasteiger partial charge in [0.2, 0.25) is 0 Å². The van der Waals surface area contributed by atoms with Crippen molar-refractivity contribution < 1.29 is 13.6 Å². The number of amides is 1. The molecule has 2 N–H and O–H groups in total. The van der Waals surface area contributed by atoms with E-state index in [0.717, 1.165) is 18.2 Å². The third-order valence-corrected chi connectivity index (χ3v) is 2.75. The molecule has 1 aromatic carbocycles. The Kier molecular flexibility index (Phi) is 2.57. The number of halogens is 2. The van der Waals surface area contributed by atoms with Crippen LogP contribution in [-0.2, 0) is 10.3 Å². The maximum Gasteiger partial charge on any atom is 0.256 e. The first-order chi connectivity index (χ1) is 7.97. The number of aliphatic imine (C=N–C) groups is 1. The van der Waals surface area contributed by atoms with Gasteiger partial charge in [-0.25, -0.2) is 8.78 Å². The molecule has 1 unspecified atom stereocenters. The monoisotopic (exact) mass is 239 g/mol. The molecule has 0 spiro atoms. The molecule has 0 aromatic heterocycles. The molecule has 1 amide bonds. The first-order valence-electron chi connectivity index (χ1n) is 4.99. The van der Waals surface area contributed by atoms with Crippen LogP contribution in [0.5, 0.6) is 0 Å². The maximum atomic E-state index is 13.6. The van der Waals surface area contributed by atoms with E-state index in [2.05, 4.69) is 15.6 Å². The molecule has 1 heterocycles. The second-order valence-electron chi connectivity index (χ2n) is 3.90. The molecule has 1 fully saturated rings. The molecule has 17 heavy (non-hydrogen) atoms. The van der Waals surface area contributed by atoms with Gasteiger partial charge in [-0.05, 0) is 25.1 Å². The minimum atomic E-state index is -1.35. The standard InChI is InChI=1S/C11H11F2N3O/c1-11(9(17)15-10(14-2)16-11)7-5-6(12)3-4-8(7)13/h3-5H,1-2H3,(H2,14,15,16,17). The topological polar surface area (TPSA) is 53.5 Å². The molecule has 6 heteroatoms. The van der Waals surface area contributed by atoms with Gasteiger partial charge in [-0.1, -0.05) is 0 Å². The van der Waals surface area contributed by atoms with Crippen molar-refractivity contribution >= 4 is 11.9 Å². The number of rotatable bonds is 1. The van der Waals surface area contributed by atoms with E-state index < -0.39 is 23.1 Å². The summed E-state index contributed by atoms with van der Waals surface area (Å²) in [6, 6.07) is 3.00. The number of hydrogen-bond donors (Lipinski definition) is 2. The summed E-state index contributed by atoms with van der Waals surface area (Å²) in [5.74, 6) is -1.48. The van der Waals surface area contributed by atoms with Gasteiger partial charge in [0, 0.05) is 12.6 Å². The van der Waals surface area contributed by atoms with Crippen molar-refractivity contribution in [1.82, 2.24) is 10.6 Å². The van der Waals surface area contributed by atoms with E-state index in [-0.39, 0.29) is 11.5 Å². The maximum absolute atomic E-state index is 13.6. The molecule has 1 aromatic rings. The number of hydrogen-bond acceptors (Lipinski definition) is 2. The van der Waals surface area contributed by atoms with Crippen LogP contribution in [0.4, 0.5) is 8.78 Å². The van der Waals surface area contributed by atoms with Crippen molar-refractivity contribution in [2.75, 3.05) is 7.05 Å². The summed E-state index contributed by atoms with van der Waals surface area (Å²) < 4.78 is 26.8. The van der Waals surface area contributed by atoms with Crippen molar-refractivity contribution in [2.45, 2.75) is 12.5 Å². The van der Waals surface area contributed by atoms with Crippen LogP contribution in [0.1, 0.15) is 12.5 Å². The van der Waals surface area contributed by atoms with Crippen molar-refractivity contribution in [3.8, 4) is 0 Å². The van der Waals surface area contributed by atoms with Crippen molar-refractivity contribution in [3.63, 3.8) is 0 Å². The zero-order chi connectivity index (χ0) is 12.6. The lowest BCUT2D eigenvalue weighted by molar-refractivity contribution is -0.123. The summed E-state index contributed by atoms with van der Waals surface area (Å²) in [5, 5.41) is 5.18. The highest BCUT2D eigenvalue weighted by Crippen LogP contribution is 2.27. The van der Waals surface area contributed by atoms with Crippen molar-refractivity contribution in [3.05, 3.63) is 35.4 Å². The number of nitrogens with zero attached hydrogens (tertiary/aromatic N) is 1. The van der Waals surface area contributed by atoms with Crippen LogP contribution in [0.25, 0.3) is 0 Å². The molecule has 1 aliphatic rings. The van der Waals surface area contributed by atoms with Crippen LogP contribution in [0.15, 0.2) is 23.2 Å². The minimum absolute atomic E-state index is 0.0475. The van der Waals surface area contributed by atoms with E-state index in [1.807, 2.05) is 0 Å². The highest BCUT2D eigenvalue weighted by molar-refractivity contribution is 6.09. The second kappa shape index (κ2) is 3.80. The molecule has 4 nitrogen and oxygen atoms in total. The third kappa shape index (κ3) is 1.75. The smallest absolute Gasteiger partial charge is 0.256 e. The molecule has 0 bridgehead atoms. The Morgan fingerprint density at radius 2 is 2.06 bits per heavy atom. The largest absolute Gasteiger partial charge is 0.338 e. The van der Waals surface area contributed by atoms with Gasteiger partial charge in [0.25, 0.3) is 5.91 Å². The lowest BCUT2D eigenvalue weighted by atomic mass is 9.92. The Labute approximate surface area is 96.7 Å². The number of carbonyl (C=O) groups excluding carboxylic acids is 1. The molecule has 90 valence electrons. The Bertz CT molecular complexity index is 515. The Morgan fingerprint density at radius 3 is 2.65 bits per heavy atom. The highest BCUT2D eigenvalue weighted by atomic mass is 19.1. The van der Waals surface area contributed by atoms with Crippen molar-refractivity contribution in [1.29, 1.82) is 0 Å². The molecular weight excluding hydrogens is 228 g/mol. The number of guanidine groups is 1. The van der Waals surface area contributed by atoms with Crippen LogP contribution in [0.2, 0.25) is 0 Å². The average Bonchev–Trinajstić information content (AvgIpc) is 2.59. The van der Waals surface area contributed by atoms with Gasteiger partial charge >= 0.3 is 0 Å². The fraction of sp³-hybridized carbons (Fsp3) is 0.273. The molecule has 0 aliphatic carbocycles. The molecule has 1 aliphatic heterocycles. The molecule has 0 saturated carbocycles. The van der Waals surface area contributed by atoms with E-state index in [4.69, 9.17) is 0 Å². The minimum Gasteiger partial charge on any atom is -0.338 e. The second-order valence-corrected chi connectivity index (χ2v) is 3.90. The van der Waals surface area contributed by atoms with Gasteiger partial charge in [0.05, 0.1) is 0 Å². The Morgan fingerprint density at radius 1 is 1.35 bits per heavy atom. The first-order valence-corrected chi connectivity index (χ1v) is 4.99. The lowest BCUT2D eigenvalue weighted by Gasteiger charge is -2.22. The van der Waals surface area contributed by atoms with Gasteiger partial charge in [0.15, 0.2) is 5.96 Å². The Balaban J connectivity index is 2.52. The fourth-order valence-electron chi connectivity index (χ4n) is 1.74. The van der Waals surface area contributed by atoms with Gasteiger partial charge in [-0.3, -0.25) is 15.1 Å². The lowest BCUT2D eigenvalue weighted by Crippen LogP contribution is -2.41. The van der Waals surface area contributed by atoms with Crippen LogP contribution in [-0.4, -0.2) is 18.9 Å². The Hall–Kier alpha value is -1.98. The van der Waals surface area contributed by atoms with E-state index >= 15 is 0 Å². The van der Waals surface area contributed by atoms with Crippen LogP contribution < -0.4 is 10.6 Å². The van der Waals surface area contributed by atoms with E-state index in [0.29, 0.717) is 0 Å². The predicted molar refractivity (Wildman–Crippen MR) is 58.3 cm³/mol. The van der Waals surface area contributed by atoms with Gasteiger partial charge in [-0.15, -0.1) is 0 Å². The third-order valence-electron chi connectivity index (χ3n) is 2.75. The zero-order valence-electron chi connectivity index (χ0n) is 9.34. The summed E-state index contributed by atoms with van der Waals surface area (Å²) in [5.41, 5.74) is -1.39. The SMILES string of the molecule is CN=C1NC(=O)C(C)(c2cc(F)ccc2F)N1. The summed E-state index contributed by atoms with van der Waals surface area (Å²) >= 11 is 0. The number of nitrogens with one attached hydrogen (secondary N) is 2. The highest BCUT2D eigenvalue weighted by Gasteiger charge is 2.44. The van der Waals surface area contributed by atoms with E-state index in [9.17, 15) is 13.6 Å². The van der Waals surface area contributed by atoms with Crippen LogP contribution >= 0.6 is 0 Å². The van der Waals surface area contributed by atoms with E-state index in [1.54, 1.807) is 0 Å². The summed E-state index contributed by atoms with van der Waals surface area (Å²) in [6.45, 7) is 1.47. The first kappa shape index (κ1) is 11.5. The van der Waals surface area contributed by atoms with Gasteiger partial charge in [0.1, 0.15) is 17.2 Å².